The van der Waals surface area contributed by atoms with E-state index in [0.717, 1.165) is 0 Å². The Hall–Kier alpha value is -2.33. The molecule has 10 heteroatoms. The van der Waals surface area contributed by atoms with Gasteiger partial charge >= 0.3 is 5.97 Å². The van der Waals surface area contributed by atoms with Crippen molar-refractivity contribution in [3.63, 3.8) is 0 Å². The lowest BCUT2D eigenvalue weighted by atomic mass is 10.1. The van der Waals surface area contributed by atoms with Crippen molar-refractivity contribution in [1.82, 2.24) is 4.90 Å². The summed E-state index contributed by atoms with van der Waals surface area (Å²) in [6.45, 7) is 2.02. The molecule has 2 atom stereocenters. The Balaban J connectivity index is 1.52. The summed E-state index contributed by atoms with van der Waals surface area (Å²) in [6.07, 6.45) is 1.14. The van der Waals surface area contributed by atoms with Gasteiger partial charge in [-0.1, -0.05) is 0 Å². The van der Waals surface area contributed by atoms with E-state index in [1.54, 1.807) is 16.7 Å². The maximum absolute atomic E-state index is 12.6. The molecule has 0 N–H and O–H groups in total. The molecule has 1 aromatic rings. The van der Waals surface area contributed by atoms with E-state index >= 15 is 0 Å². The molecule has 0 bridgehead atoms. The summed E-state index contributed by atoms with van der Waals surface area (Å²) in [5.74, 6) is 0.382. The number of non-ortho nitro benzene ring substituents is 1. The molecule has 4 rings (SSSR count). The Morgan fingerprint density at radius 1 is 1.52 bits per heavy atom. The Morgan fingerprint density at radius 3 is 3.11 bits per heavy atom. The van der Waals surface area contributed by atoms with Crippen LogP contribution in [0.15, 0.2) is 12.1 Å². The van der Waals surface area contributed by atoms with Crippen molar-refractivity contribution in [2.45, 2.75) is 43.9 Å². The zero-order chi connectivity index (χ0) is 19.2. The zero-order valence-electron chi connectivity index (χ0n) is 14.6. The first-order valence-electron chi connectivity index (χ1n) is 8.52. The average Bonchev–Trinajstić information content (AvgIpc) is 3.15. The maximum Gasteiger partial charge on any atom is 0.330 e. The topological polar surface area (TPSA) is 108 Å². The lowest BCUT2D eigenvalue weighted by molar-refractivity contribution is -0.385. The molecule has 0 radical (unpaired) electrons. The van der Waals surface area contributed by atoms with Gasteiger partial charge in [0.2, 0.25) is 5.91 Å². The van der Waals surface area contributed by atoms with Crippen LogP contribution in [0, 0.1) is 10.1 Å². The van der Waals surface area contributed by atoms with Crippen LogP contribution in [-0.2, 0) is 32.3 Å². The van der Waals surface area contributed by atoms with Crippen LogP contribution in [0.1, 0.15) is 30.9 Å². The highest BCUT2D eigenvalue weighted by molar-refractivity contribution is 8.01. The monoisotopic (exact) mass is 394 g/mol. The van der Waals surface area contributed by atoms with Gasteiger partial charge in [-0.2, -0.15) is 0 Å². The van der Waals surface area contributed by atoms with Crippen molar-refractivity contribution in [3.05, 3.63) is 33.4 Å². The van der Waals surface area contributed by atoms with Gasteiger partial charge in [-0.05, 0) is 13.3 Å². The van der Waals surface area contributed by atoms with E-state index < -0.39 is 16.9 Å². The molecular weight excluding hydrogens is 376 g/mol. The van der Waals surface area contributed by atoms with Crippen LogP contribution in [0.5, 0.6) is 5.75 Å². The maximum atomic E-state index is 12.6. The van der Waals surface area contributed by atoms with Gasteiger partial charge in [0.25, 0.3) is 5.69 Å². The number of carbonyl (C=O) groups is 2. The van der Waals surface area contributed by atoms with Crippen LogP contribution in [-0.4, -0.2) is 45.2 Å². The SMILES string of the molecule is C[C@@]12CCC(=O)N1[C@H](C(=O)OCc1cc([N+](=O)[O-])cc3c1OCOC3)CS2. The number of hydrogen-bond donors (Lipinski definition) is 0. The molecule has 0 unspecified atom stereocenters. The van der Waals surface area contributed by atoms with Gasteiger partial charge in [-0.15, -0.1) is 11.8 Å². The van der Waals surface area contributed by atoms with Gasteiger partial charge in [-0.3, -0.25) is 14.9 Å². The largest absolute Gasteiger partial charge is 0.467 e. The van der Waals surface area contributed by atoms with Crippen molar-refractivity contribution in [1.29, 1.82) is 0 Å². The van der Waals surface area contributed by atoms with E-state index in [4.69, 9.17) is 14.2 Å². The van der Waals surface area contributed by atoms with Gasteiger partial charge in [0, 0.05) is 35.4 Å². The summed E-state index contributed by atoms with van der Waals surface area (Å²) in [7, 11) is 0. The van der Waals surface area contributed by atoms with Crippen LogP contribution in [0.2, 0.25) is 0 Å². The van der Waals surface area contributed by atoms with Crippen LogP contribution in [0.25, 0.3) is 0 Å². The first-order valence-corrected chi connectivity index (χ1v) is 9.51. The third-order valence-corrected chi connectivity index (χ3v) is 6.57. The highest BCUT2D eigenvalue weighted by Gasteiger charge is 2.53. The number of fused-ring (bicyclic) bond motifs is 2. The van der Waals surface area contributed by atoms with Crippen molar-refractivity contribution < 1.29 is 28.7 Å². The third kappa shape index (κ3) is 3.12. The molecule has 9 nitrogen and oxygen atoms in total. The molecule has 1 amide bonds. The number of thioether (sulfide) groups is 1. The summed E-state index contributed by atoms with van der Waals surface area (Å²) < 4.78 is 16.0. The van der Waals surface area contributed by atoms with Gasteiger partial charge < -0.3 is 19.1 Å². The average molecular weight is 394 g/mol. The van der Waals surface area contributed by atoms with E-state index in [1.165, 1.54) is 12.1 Å². The number of nitro groups is 1. The third-order valence-electron chi connectivity index (χ3n) is 5.07. The Kier molecular flexibility index (Phi) is 4.47. The second kappa shape index (κ2) is 6.68. The van der Waals surface area contributed by atoms with E-state index in [0.29, 0.717) is 35.5 Å². The highest BCUT2D eigenvalue weighted by Crippen LogP contribution is 2.47. The predicted molar refractivity (Wildman–Crippen MR) is 93.9 cm³/mol. The van der Waals surface area contributed by atoms with Crippen LogP contribution >= 0.6 is 11.8 Å². The van der Waals surface area contributed by atoms with Gasteiger partial charge in [0.15, 0.2) is 6.79 Å². The molecule has 3 aliphatic heterocycles. The van der Waals surface area contributed by atoms with Crippen LogP contribution in [0.4, 0.5) is 5.69 Å². The summed E-state index contributed by atoms with van der Waals surface area (Å²) in [6, 6.07) is 2.10. The number of nitro benzene ring substituents is 1. The standard InChI is InChI=1S/C17H18N2O7S/c1-17-3-2-14(20)18(17)13(8-27-17)16(21)25-7-11-5-12(19(22)23)4-10-6-24-9-26-15(10)11/h4-5,13H,2-3,6-9H2,1H3/t13-,17+/m0/s1. The smallest absolute Gasteiger partial charge is 0.330 e. The molecular formula is C17H18N2O7S. The Labute approximate surface area is 159 Å². The second-order valence-electron chi connectivity index (χ2n) is 6.83. The Morgan fingerprint density at radius 2 is 2.33 bits per heavy atom. The molecule has 2 fully saturated rings. The minimum absolute atomic E-state index is 0.0334. The van der Waals surface area contributed by atoms with Gasteiger partial charge in [0.05, 0.1) is 16.4 Å². The lowest BCUT2D eigenvalue weighted by Gasteiger charge is -2.29. The van der Waals surface area contributed by atoms with Gasteiger partial charge in [0.1, 0.15) is 18.4 Å². The van der Waals surface area contributed by atoms with Gasteiger partial charge in [-0.25, -0.2) is 4.79 Å². The number of amides is 1. The first-order chi connectivity index (χ1) is 12.9. The molecule has 2 saturated heterocycles. The molecule has 3 aliphatic rings. The van der Waals surface area contributed by atoms with E-state index in [1.807, 2.05) is 6.92 Å². The van der Waals surface area contributed by atoms with E-state index in [9.17, 15) is 19.7 Å². The fourth-order valence-electron chi connectivity index (χ4n) is 3.73. The fraction of sp³-hybridized carbons (Fsp3) is 0.529. The summed E-state index contributed by atoms with van der Waals surface area (Å²) in [5.41, 5.74) is 0.838. The second-order valence-corrected chi connectivity index (χ2v) is 8.34. The molecule has 27 heavy (non-hydrogen) atoms. The molecule has 144 valence electrons. The normalized spacial score (nSPS) is 26.3. The van der Waals surface area contributed by atoms with E-state index in [-0.39, 0.29) is 36.5 Å². The number of nitrogens with zero attached hydrogens (tertiary/aromatic N) is 2. The zero-order valence-corrected chi connectivity index (χ0v) is 15.5. The number of hydrogen-bond acceptors (Lipinski definition) is 8. The number of rotatable bonds is 4. The van der Waals surface area contributed by atoms with Crippen molar-refractivity contribution >= 4 is 29.3 Å². The molecule has 3 heterocycles. The molecule has 0 saturated carbocycles. The number of carbonyl (C=O) groups excluding carboxylic acids is 2. The van der Waals surface area contributed by atoms with Crippen LogP contribution in [0.3, 0.4) is 0 Å². The highest BCUT2D eigenvalue weighted by atomic mass is 32.2. The molecule has 0 aliphatic carbocycles. The van der Waals surface area contributed by atoms with Crippen molar-refractivity contribution in [2.75, 3.05) is 12.5 Å². The number of benzene rings is 1. The summed E-state index contributed by atoms with van der Waals surface area (Å²) in [5, 5.41) is 11.2. The van der Waals surface area contributed by atoms with E-state index in [2.05, 4.69) is 0 Å². The first kappa shape index (κ1) is 18.1. The minimum Gasteiger partial charge on any atom is -0.467 e. The minimum atomic E-state index is -0.631. The number of ether oxygens (including phenoxy) is 3. The predicted octanol–water partition coefficient (Wildman–Crippen LogP) is 1.96. The quantitative estimate of drug-likeness (QED) is 0.433. The lowest BCUT2D eigenvalue weighted by Crippen LogP contribution is -2.46. The van der Waals surface area contributed by atoms with Crippen molar-refractivity contribution in [3.8, 4) is 5.75 Å². The number of esters is 1. The van der Waals surface area contributed by atoms with Crippen molar-refractivity contribution in [2.24, 2.45) is 0 Å². The fourth-order valence-corrected chi connectivity index (χ4v) is 5.15. The molecule has 0 aromatic heterocycles. The summed E-state index contributed by atoms with van der Waals surface area (Å²) >= 11 is 1.58. The summed E-state index contributed by atoms with van der Waals surface area (Å²) in [4.78, 5) is 36.7. The molecule has 0 spiro atoms. The van der Waals surface area contributed by atoms with Crippen LogP contribution < -0.4 is 4.74 Å². The Bertz CT molecular complexity index is 830. The molecule has 1 aromatic carbocycles.